The summed E-state index contributed by atoms with van der Waals surface area (Å²) in [6, 6.07) is 8.54. The fraction of sp³-hybridized carbons (Fsp3) is 0.708. The Labute approximate surface area is 190 Å². The van der Waals surface area contributed by atoms with Gasteiger partial charge in [-0.2, -0.15) is 0 Å². The first-order valence-electron chi connectivity index (χ1n) is 11.4. The van der Waals surface area contributed by atoms with E-state index in [-0.39, 0.29) is 17.2 Å². The van der Waals surface area contributed by atoms with Crippen molar-refractivity contribution in [1.29, 1.82) is 0 Å². The number of carbonyl (C=O) groups is 1. The molecule has 2 rings (SSSR count). The molecular weight excluding hydrogens is 406 g/mol. The van der Waals surface area contributed by atoms with Crippen LogP contribution in [0, 0.1) is 0 Å². The highest BCUT2D eigenvalue weighted by Crippen LogP contribution is 2.37. The molecule has 7 heteroatoms. The maximum atomic E-state index is 12.9. The van der Waals surface area contributed by atoms with Crippen molar-refractivity contribution in [3.05, 3.63) is 29.8 Å². The van der Waals surface area contributed by atoms with Crippen LogP contribution in [0.2, 0.25) is 18.1 Å². The Bertz CT molecular complexity index is 723. The number of benzene rings is 1. The molecule has 0 aliphatic carbocycles. The van der Waals surface area contributed by atoms with Crippen LogP contribution >= 0.6 is 0 Å². The number of nitrogens with two attached hydrogens (primary N) is 1. The van der Waals surface area contributed by atoms with Crippen molar-refractivity contribution in [2.45, 2.75) is 77.7 Å². The van der Waals surface area contributed by atoms with Crippen molar-refractivity contribution in [2.24, 2.45) is 5.73 Å². The van der Waals surface area contributed by atoms with E-state index in [2.05, 4.69) is 63.0 Å². The average Bonchev–Trinajstić information content (AvgIpc) is 2.65. The molecule has 0 spiro atoms. The molecule has 1 amide bonds. The van der Waals surface area contributed by atoms with Crippen molar-refractivity contribution in [2.75, 3.05) is 37.7 Å². The Kier molecular flexibility index (Phi) is 8.22. The van der Waals surface area contributed by atoms with Crippen molar-refractivity contribution in [3.63, 3.8) is 0 Å². The van der Waals surface area contributed by atoms with Gasteiger partial charge in [0, 0.05) is 25.3 Å². The van der Waals surface area contributed by atoms with E-state index in [1.54, 1.807) is 0 Å². The number of nitrogens with zero attached hydrogens (tertiary/aromatic N) is 2. The van der Waals surface area contributed by atoms with Gasteiger partial charge < -0.3 is 19.8 Å². The summed E-state index contributed by atoms with van der Waals surface area (Å²) in [5.41, 5.74) is 7.57. The van der Waals surface area contributed by atoms with Crippen LogP contribution in [0.15, 0.2) is 24.3 Å². The van der Waals surface area contributed by atoms with Crippen LogP contribution in [0.5, 0.6) is 0 Å². The van der Waals surface area contributed by atoms with Crippen molar-refractivity contribution in [1.82, 2.24) is 4.90 Å². The van der Waals surface area contributed by atoms with E-state index in [0.717, 1.165) is 19.5 Å². The average molecular weight is 450 g/mol. The largest absolute Gasteiger partial charge is 0.444 e. The van der Waals surface area contributed by atoms with E-state index in [0.29, 0.717) is 19.7 Å². The predicted octanol–water partition coefficient (Wildman–Crippen LogP) is 4.64. The third kappa shape index (κ3) is 7.22. The quantitative estimate of drug-likeness (QED) is 0.641. The molecule has 1 aromatic rings. The lowest BCUT2D eigenvalue weighted by Crippen LogP contribution is -2.59. The first-order chi connectivity index (χ1) is 14.2. The Hall–Kier alpha value is -1.57. The minimum Gasteiger partial charge on any atom is -0.444 e. The molecule has 0 bridgehead atoms. The van der Waals surface area contributed by atoms with Crippen molar-refractivity contribution in [3.8, 4) is 0 Å². The molecule has 1 fully saturated rings. The van der Waals surface area contributed by atoms with Crippen molar-refractivity contribution >= 4 is 20.1 Å². The van der Waals surface area contributed by atoms with Gasteiger partial charge in [0.1, 0.15) is 5.60 Å². The molecule has 1 aromatic carbocycles. The summed E-state index contributed by atoms with van der Waals surface area (Å²) in [6.07, 6.45) is 0.629. The Balaban J connectivity index is 2.18. The number of hydrogen-bond donors (Lipinski definition) is 1. The number of anilines is 1. The zero-order chi connectivity index (χ0) is 23.4. The van der Waals surface area contributed by atoms with Gasteiger partial charge in [-0.3, -0.25) is 4.90 Å². The number of piperazine rings is 1. The highest BCUT2D eigenvalue weighted by atomic mass is 28.4. The van der Waals surface area contributed by atoms with E-state index < -0.39 is 13.9 Å². The summed E-state index contributed by atoms with van der Waals surface area (Å²) >= 11 is 0. The van der Waals surface area contributed by atoms with Gasteiger partial charge in [-0.15, -0.1) is 0 Å². The fourth-order valence-corrected chi connectivity index (χ4v) is 4.40. The highest BCUT2D eigenvalue weighted by molar-refractivity contribution is 6.74. The van der Waals surface area contributed by atoms with Crippen LogP contribution < -0.4 is 10.6 Å². The zero-order valence-electron chi connectivity index (χ0n) is 20.8. The molecular formula is C24H43N3O3Si. The minimum absolute atomic E-state index is 0.0542. The van der Waals surface area contributed by atoms with E-state index in [4.69, 9.17) is 14.9 Å². The molecule has 2 N–H and O–H groups in total. The summed E-state index contributed by atoms with van der Waals surface area (Å²) in [5, 5.41) is 0.122. The fourth-order valence-electron chi connectivity index (χ4n) is 3.35. The highest BCUT2D eigenvalue weighted by Gasteiger charge is 2.40. The second-order valence-corrected chi connectivity index (χ2v) is 15.9. The lowest BCUT2D eigenvalue weighted by molar-refractivity contribution is 0.00783. The van der Waals surface area contributed by atoms with Crippen LogP contribution in [-0.4, -0.2) is 63.7 Å². The third-order valence-corrected chi connectivity index (χ3v) is 10.8. The normalized spacial score (nSPS) is 18.3. The molecule has 0 aromatic heterocycles. The van der Waals surface area contributed by atoms with E-state index in [1.165, 1.54) is 11.3 Å². The maximum Gasteiger partial charge on any atom is 0.410 e. The van der Waals surface area contributed by atoms with Crippen LogP contribution in [0.25, 0.3) is 0 Å². The monoisotopic (exact) mass is 449 g/mol. The van der Waals surface area contributed by atoms with Gasteiger partial charge in [0.15, 0.2) is 8.32 Å². The number of rotatable bonds is 6. The Morgan fingerprint density at radius 1 is 1.10 bits per heavy atom. The molecule has 31 heavy (non-hydrogen) atoms. The molecule has 1 unspecified atom stereocenters. The molecule has 0 radical (unpaired) electrons. The summed E-state index contributed by atoms with van der Waals surface area (Å²) < 4.78 is 12.2. The third-order valence-electron chi connectivity index (χ3n) is 6.29. The molecule has 1 heterocycles. The lowest BCUT2D eigenvalue weighted by atomic mass is 10.1. The van der Waals surface area contributed by atoms with Crippen LogP contribution in [0.3, 0.4) is 0 Å². The van der Waals surface area contributed by atoms with Gasteiger partial charge in [-0.25, -0.2) is 4.79 Å². The standard InChI is InChI=1S/C24H43N3O3Si/c1-23(2,3)30-22(28)27-16-15-26(20-11-9-19(10-12-20)13-14-25)17-21(27)18-29-31(7,8)24(4,5)6/h9-12,21H,13-18,25H2,1-8H3. The minimum atomic E-state index is -1.93. The summed E-state index contributed by atoms with van der Waals surface area (Å²) in [6.45, 7) is 20.2. The Morgan fingerprint density at radius 2 is 1.71 bits per heavy atom. The van der Waals surface area contributed by atoms with Crippen LogP contribution in [0.1, 0.15) is 47.1 Å². The van der Waals surface area contributed by atoms with Crippen LogP contribution in [-0.2, 0) is 15.6 Å². The molecule has 1 atom stereocenters. The lowest BCUT2D eigenvalue weighted by Gasteiger charge is -2.44. The summed E-state index contributed by atoms with van der Waals surface area (Å²) in [4.78, 5) is 17.1. The first-order valence-corrected chi connectivity index (χ1v) is 14.3. The topological polar surface area (TPSA) is 68.0 Å². The maximum absolute atomic E-state index is 12.9. The molecule has 1 saturated heterocycles. The molecule has 176 valence electrons. The van der Waals surface area contributed by atoms with E-state index >= 15 is 0 Å². The first kappa shape index (κ1) is 25.7. The van der Waals surface area contributed by atoms with E-state index in [1.807, 2.05) is 25.7 Å². The molecule has 1 aliphatic heterocycles. The van der Waals surface area contributed by atoms with Crippen molar-refractivity contribution < 1.29 is 14.0 Å². The second-order valence-electron chi connectivity index (χ2n) is 11.1. The second kappa shape index (κ2) is 9.92. The number of amides is 1. The van der Waals surface area contributed by atoms with Crippen LogP contribution in [0.4, 0.5) is 10.5 Å². The summed E-state index contributed by atoms with van der Waals surface area (Å²) in [7, 11) is -1.93. The summed E-state index contributed by atoms with van der Waals surface area (Å²) in [5.74, 6) is 0. The molecule has 0 saturated carbocycles. The zero-order valence-corrected chi connectivity index (χ0v) is 21.8. The van der Waals surface area contributed by atoms with Gasteiger partial charge in [-0.1, -0.05) is 32.9 Å². The van der Waals surface area contributed by atoms with Gasteiger partial charge in [0.25, 0.3) is 0 Å². The number of carbonyl (C=O) groups excluding carboxylic acids is 1. The number of ether oxygens (including phenoxy) is 1. The van der Waals surface area contributed by atoms with Gasteiger partial charge >= 0.3 is 6.09 Å². The van der Waals surface area contributed by atoms with Gasteiger partial charge in [0.05, 0.1) is 12.6 Å². The molecule has 1 aliphatic rings. The SMILES string of the molecule is CC(C)(C)OC(=O)N1CCN(c2ccc(CCN)cc2)CC1CO[Si](C)(C)C(C)(C)C. The number of hydrogen-bond acceptors (Lipinski definition) is 5. The van der Waals surface area contributed by atoms with E-state index in [9.17, 15) is 4.79 Å². The van der Waals surface area contributed by atoms with Gasteiger partial charge in [0.2, 0.25) is 0 Å². The Morgan fingerprint density at radius 3 is 2.23 bits per heavy atom. The molecule has 6 nitrogen and oxygen atoms in total. The van der Waals surface area contributed by atoms with Gasteiger partial charge in [-0.05, 0) is 69.6 Å². The smallest absolute Gasteiger partial charge is 0.410 e. The predicted molar refractivity (Wildman–Crippen MR) is 131 cm³/mol.